The summed E-state index contributed by atoms with van der Waals surface area (Å²) >= 11 is 0. The van der Waals surface area contributed by atoms with Gasteiger partial charge in [0, 0.05) is 44.6 Å². The number of benzene rings is 1. The second kappa shape index (κ2) is 7.80. The number of likely N-dealkylation sites (tertiary alicyclic amines) is 1. The summed E-state index contributed by atoms with van der Waals surface area (Å²) in [7, 11) is 1.83. The van der Waals surface area contributed by atoms with E-state index in [-0.39, 0.29) is 11.8 Å². The first kappa shape index (κ1) is 18.2. The van der Waals surface area contributed by atoms with Gasteiger partial charge in [0.15, 0.2) is 5.82 Å². The van der Waals surface area contributed by atoms with E-state index in [4.69, 9.17) is 4.74 Å². The summed E-state index contributed by atoms with van der Waals surface area (Å²) in [6.07, 6.45) is 8.70. The fourth-order valence-corrected chi connectivity index (χ4v) is 3.52. The topological polar surface area (TPSA) is 73.1 Å². The number of hydrogen-bond donors (Lipinski definition) is 0. The number of hydrogen-bond acceptors (Lipinski definition) is 5. The van der Waals surface area contributed by atoms with Crippen molar-refractivity contribution >= 4 is 5.91 Å². The van der Waals surface area contributed by atoms with Crippen molar-refractivity contribution in [2.24, 2.45) is 7.05 Å². The van der Waals surface area contributed by atoms with E-state index in [0.717, 1.165) is 36.4 Å². The number of nitrogens with zero attached hydrogens (tertiary/aromatic N) is 5. The molecule has 3 aromatic rings. The molecule has 7 heteroatoms. The molecule has 1 aromatic carbocycles. The molecule has 1 saturated heterocycles. The molecule has 2 aromatic heterocycles. The van der Waals surface area contributed by atoms with Gasteiger partial charge in [-0.25, -0.2) is 9.97 Å². The largest absolute Gasteiger partial charge is 0.437 e. The molecule has 3 heterocycles. The Morgan fingerprint density at radius 1 is 1.29 bits per heavy atom. The van der Waals surface area contributed by atoms with Crippen molar-refractivity contribution in [2.75, 3.05) is 13.1 Å². The highest BCUT2D eigenvalue weighted by Gasteiger charge is 2.28. The number of aromatic nitrogens is 4. The molecule has 0 N–H and O–H groups in total. The first-order valence-electron chi connectivity index (χ1n) is 9.43. The normalized spacial score (nSPS) is 16.8. The number of piperidine rings is 1. The minimum absolute atomic E-state index is 0.0441. The van der Waals surface area contributed by atoms with Crippen molar-refractivity contribution in [2.45, 2.75) is 25.7 Å². The van der Waals surface area contributed by atoms with Crippen LogP contribution in [0.3, 0.4) is 0 Å². The molecule has 0 bridgehead atoms. The average molecular weight is 377 g/mol. The fourth-order valence-electron chi connectivity index (χ4n) is 3.52. The van der Waals surface area contributed by atoms with E-state index in [9.17, 15) is 4.79 Å². The van der Waals surface area contributed by atoms with Crippen LogP contribution in [0.4, 0.5) is 0 Å². The molecule has 1 aliphatic rings. The number of imidazole rings is 1. The second-order valence-corrected chi connectivity index (χ2v) is 7.15. The van der Waals surface area contributed by atoms with Crippen molar-refractivity contribution < 1.29 is 9.53 Å². The van der Waals surface area contributed by atoms with Crippen LogP contribution in [0.1, 0.15) is 40.6 Å². The first-order valence-corrected chi connectivity index (χ1v) is 9.43. The highest BCUT2D eigenvalue weighted by Crippen LogP contribution is 2.28. The SMILES string of the molecule is Cc1cccc(Oc2cncc([C@@H]3CCCN(C(=O)c4nccn4C)C3)n2)c1. The molecule has 0 saturated carbocycles. The lowest BCUT2D eigenvalue weighted by Crippen LogP contribution is -2.40. The molecule has 1 amide bonds. The molecular weight excluding hydrogens is 354 g/mol. The third kappa shape index (κ3) is 3.88. The molecule has 144 valence electrons. The third-order valence-corrected chi connectivity index (χ3v) is 4.98. The third-order valence-electron chi connectivity index (χ3n) is 4.98. The van der Waals surface area contributed by atoms with Gasteiger partial charge in [-0.2, -0.15) is 0 Å². The monoisotopic (exact) mass is 377 g/mol. The zero-order valence-corrected chi connectivity index (χ0v) is 16.1. The Labute approximate surface area is 164 Å². The summed E-state index contributed by atoms with van der Waals surface area (Å²) in [6.45, 7) is 3.35. The van der Waals surface area contributed by atoms with Crippen LogP contribution in [0.15, 0.2) is 49.1 Å². The molecule has 1 aliphatic heterocycles. The molecule has 0 unspecified atom stereocenters. The van der Waals surface area contributed by atoms with E-state index >= 15 is 0 Å². The number of aryl methyl sites for hydroxylation is 2. The minimum Gasteiger partial charge on any atom is -0.437 e. The predicted molar refractivity (Wildman–Crippen MR) is 104 cm³/mol. The molecule has 0 radical (unpaired) electrons. The van der Waals surface area contributed by atoms with Gasteiger partial charge in [-0.05, 0) is 37.5 Å². The van der Waals surface area contributed by atoms with Crippen LogP contribution in [0.25, 0.3) is 0 Å². The Balaban J connectivity index is 1.49. The molecule has 7 nitrogen and oxygen atoms in total. The maximum absolute atomic E-state index is 12.8. The lowest BCUT2D eigenvalue weighted by atomic mass is 9.95. The highest BCUT2D eigenvalue weighted by molar-refractivity contribution is 5.90. The molecule has 1 atom stereocenters. The van der Waals surface area contributed by atoms with E-state index in [1.807, 2.05) is 43.1 Å². The summed E-state index contributed by atoms with van der Waals surface area (Å²) in [5, 5.41) is 0. The van der Waals surface area contributed by atoms with Crippen LogP contribution in [0.5, 0.6) is 11.6 Å². The Morgan fingerprint density at radius 2 is 2.18 bits per heavy atom. The summed E-state index contributed by atoms with van der Waals surface area (Å²) in [4.78, 5) is 27.8. The van der Waals surface area contributed by atoms with Crippen molar-refractivity contribution in [3.63, 3.8) is 0 Å². The van der Waals surface area contributed by atoms with E-state index in [1.165, 1.54) is 0 Å². The van der Waals surface area contributed by atoms with Crippen LogP contribution in [-0.4, -0.2) is 43.4 Å². The van der Waals surface area contributed by atoms with Crippen molar-refractivity contribution in [3.8, 4) is 11.6 Å². The van der Waals surface area contributed by atoms with Crippen LogP contribution in [0.2, 0.25) is 0 Å². The van der Waals surface area contributed by atoms with Crippen LogP contribution in [0, 0.1) is 6.92 Å². The standard InChI is InChI=1S/C21H23N5O2/c1-15-5-3-7-17(11-15)28-19-13-22-12-18(24-19)16-6-4-9-26(14-16)21(27)20-23-8-10-25(20)2/h3,5,7-8,10-13,16H,4,6,9,14H2,1-2H3/t16-/m1/s1. The molecule has 0 spiro atoms. The molecule has 0 aliphatic carbocycles. The minimum atomic E-state index is -0.0441. The summed E-state index contributed by atoms with van der Waals surface area (Å²) in [5.74, 6) is 1.75. The second-order valence-electron chi connectivity index (χ2n) is 7.15. The molecule has 28 heavy (non-hydrogen) atoms. The number of carbonyl (C=O) groups excluding carboxylic acids is 1. The quantitative estimate of drug-likeness (QED) is 0.697. The predicted octanol–water partition coefficient (Wildman–Crippen LogP) is 3.33. The Bertz CT molecular complexity index is 984. The van der Waals surface area contributed by atoms with E-state index in [1.54, 1.807) is 29.4 Å². The van der Waals surface area contributed by atoms with E-state index in [0.29, 0.717) is 18.2 Å². The van der Waals surface area contributed by atoms with Gasteiger partial charge in [0.05, 0.1) is 11.9 Å². The van der Waals surface area contributed by atoms with Gasteiger partial charge < -0.3 is 14.2 Å². The summed E-state index contributed by atoms with van der Waals surface area (Å²) in [6, 6.07) is 7.83. The van der Waals surface area contributed by atoms with Crippen LogP contribution < -0.4 is 4.74 Å². The van der Waals surface area contributed by atoms with Gasteiger partial charge in [-0.3, -0.25) is 9.78 Å². The first-order chi connectivity index (χ1) is 13.6. The van der Waals surface area contributed by atoms with Gasteiger partial charge in [0.25, 0.3) is 5.91 Å². The van der Waals surface area contributed by atoms with E-state index in [2.05, 4.69) is 15.0 Å². The maximum atomic E-state index is 12.8. The number of ether oxygens (including phenoxy) is 1. The molecule has 1 fully saturated rings. The maximum Gasteiger partial charge on any atom is 0.289 e. The van der Waals surface area contributed by atoms with Gasteiger partial charge in [-0.1, -0.05) is 12.1 Å². The van der Waals surface area contributed by atoms with Crippen molar-refractivity contribution in [1.29, 1.82) is 0 Å². The van der Waals surface area contributed by atoms with Gasteiger partial charge >= 0.3 is 0 Å². The number of amides is 1. The number of carbonyl (C=O) groups is 1. The highest BCUT2D eigenvalue weighted by atomic mass is 16.5. The summed E-state index contributed by atoms with van der Waals surface area (Å²) < 4.78 is 7.62. The Hall–Kier alpha value is -3.22. The smallest absolute Gasteiger partial charge is 0.289 e. The Kier molecular flexibility index (Phi) is 5.06. The fraction of sp³-hybridized carbons (Fsp3) is 0.333. The molecular formula is C21H23N5O2. The van der Waals surface area contributed by atoms with Gasteiger partial charge in [-0.15, -0.1) is 0 Å². The average Bonchev–Trinajstić information content (AvgIpc) is 3.14. The van der Waals surface area contributed by atoms with Crippen molar-refractivity contribution in [1.82, 2.24) is 24.4 Å². The summed E-state index contributed by atoms with van der Waals surface area (Å²) in [5.41, 5.74) is 1.97. The zero-order chi connectivity index (χ0) is 19.5. The van der Waals surface area contributed by atoms with Crippen LogP contribution >= 0.6 is 0 Å². The molecule has 4 rings (SSSR count). The lowest BCUT2D eigenvalue weighted by molar-refractivity contribution is 0.0689. The van der Waals surface area contributed by atoms with Crippen molar-refractivity contribution in [3.05, 3.63) is 66.1 Å². The number of rotatable bonds is 4. The Morgan fingerprint density at radius 3 is 2.96 bits per heavy atom. The van der Waals surface area contributed by atoms with Crippen LogP contribution in [-0.2, 0) is 7.05 Å². The van der Waals surface area contributed by atoms with Gasteiger partial charge in [0.1, 0.15) is 5.75 Å². The lowest BCUT2D eigenvalue weighted by Gasteiger charge is -2.32. The van der Waals surface area contributed by atoms with E-state index < -0.39 is 0 Å². The zero-order valence-electron chi connectivity index (χ0n) is 16.1. The van der Waals surface area contributed by atoms with Gasteiger partial charge in [0.2, 0.25) is 5.88 Å².